The lowest BCUT2D eigenvalue weighted by Crippen LogP contribution is -2.30. The van der Waals surface area contributed by atoms with E-state index in [0.717, 1.165) is 37.0 Å². The molecule has 1 amide bonds. The first kappa shape index (κ1) is 26.2. The molecule has 2 aromatic rings. The van der Waals surface area contributed by atoms with Crippen molar-refractivity contribution >= 4 is 54.2 Å². The topological polar surface area (TPSA) is 56.1 Å². The van der Waals surface area contributed by atoms with Crippen LogP contribution in [0.25, 0.3) is 11.0 Å². The molecule has 25 heavy (non-hydrogen) atoms. The highest BCUT2D eigenvalue weighted by Crippen LogP contribution is 2.17. The van der Waals surface area contributed by atoms with Crippen molar-refractivity contribution in [2.75, 3.05) is 20.3 Å². The second kappa shape index (κ2) is 13.2. The number of para-hydroxylation sites is 2. The Morgan fingerprint density at radius 1 is 1.20 bits per heavy atom. The molecular formula is C17H28Cl3N3O2. The number of nitrogens with one attached hydrogen (secondary N) is 1. The van der Waals surface area contributed by atoms with Gasteiger partial charge in [-0.1, -0.05) is 26.0 Å². The number of unbranched alkanes of at least 4 members (excludes halogenated alkanes) is 1. The summed E-state index contributed by atoms with van der Waals surface area (Å²) in [7, 11) is 1.71. The molecule has 0 bridgehead atoms. The summed E-state index contributed by atoms with van der Waals surface area (Å²) >= 11 is 0. The van der Waals surface area contributed by atoms with Gasteiger partial charge in [0.15, 0.2) is 5.82 Å². The van der Waals surface area contributed by atoms with Crippen molar-refractivity contribution in [3.05, 3.63) is 30.1 Å². The van der Waals surface area contributed by atoms with Gasteiger partial charge in [-0.2, -0.15) is 0 Å². The van der Waals surface area contributed by atoms with E-state index in [1.165, 1.54) is 0 Å². The molecule has 144 valence electrons. The van der Waals surface area contributed by atoms with E-state index < -0.39 is 0 Å². The summed E-state index contributed by atoms with van der Waals surface area (Å²) in [5.74, 6) is 0.819. The number of ether oxygens (including phenoxy) is 1. The second-order valence-corrected chi connectivity index (χ2v) is 5.88. The number of halogens is 3. The van der Waals surface area contributed by atoms with E-state index >= 15 is 0 Å². The van der Waals surface area contributed by atoms with Crippen LogP contribution >= 0.6 is 37.2 Å². The molecule has 0 radical (unpaired) electrons. The van der Waals surface area contributed by atoms with Gasteiger partial charge >= 0.3 is 0 Å². The molecule has 0 aliphatic carbocycles. The first-order valence-corrected chi connectivity index (χ1v) is 7.86. The Morgan fingerprint density at radius 2 is 1.88 bits per heavy atom. The minimum atomic E-state index is -0.100. The maximum Gasteiger partial charge on any atom is 0.287 e. The third-order valence-electron chi connectivity index (χ3n) is 3.51. The van der Waals surface area contributed by atoms with Gasteiger partial charge in [0.1, 0.15) is 0 Å². The number of carbonyl (C=O) groups excluding carboxylic acids is 1. The first-order chi connectivity index (χ1) is 10.6. The number of carbonyl (C=O) groups is 1. The van der Waals surface area contributed by atoms with Gasteiger partial charge in [-0.3, -0.25) is 4.79 Å². The highest BCUT2D eigenvalue weighted by Gasteiger charge is 2.17. The fourth-order valence-electron chi connectivity index (χ4n) is 2.37. The van der Waals surface area contributed by atoms with Gasteiger partial charge in [0, 0.05) is 26.8 Å². The summed E-state index contributed by atoms with van der Waals surface area (Å²) in [6.45, 7) is 6.32. The average molecular weight is 413 g/mol. The number of hydrogen-bond acceptors (Lipinski definition) is 3. The molecule has 1 N–H and O–H groups in total. The van der Waals surface area contributed by atoms with Crippen LogP contribution in [0, 0.1) is 5.92 Å². The molecule has 0 spiro atoms. The monoisotopic (exact) mass is 411 g/mol. The molecule has 0 aliphatic rings. The molecule has 0 saturated carbocycles. The Hall–Kier alpha value is -1.01. The van der Waals surface area contributed by atoms with Crippen LogP contribution in [0.5, 0.6) is 0 Å². The number of benzene rings is 1. The zero-order chi connectivity index (χ0) is 15.9. The Balaban J connectivity index is 0. The number of aromatic nitrogens is 2. The Kier molecular flexibility index (Phi) is 13.9. The molecule has 1 aromatic carbocycles. The Labute approximate surface area is 168 Å². The zero-order valence-corrected chi connectivity index (χ0v) is 17.3. The molecule has 0 fully saturated rings. The third kappa shape index (κ3) is 7.40. The van der Waals surface area contributed by atoms with Gasteiger partial charge in [-0.15, -0.1) is 37.2 Å². The smallest absolute Gasteiger partial charge is 0.287 e. The summed E-state index contributed by atoms with van der Waals surface area (Å²) in [4.78, 5) is 16.9. The van der Waals surface area contributed by atoms with E-state index in [0.29, 0.717) is 18.3 Å². The lowest BCUT2D eigenvalue weighted by molar-refractivity contribution is 0.0934. The number of methoxy groups -OCH3 is 1. The van der Waals surface area contributed by atoms with Gasteiger partial charge in [-0.05, 0) is 30.9 Å². The minimum absolute atomic E-state index is 0. The van der Waals surface area contributed by atoms with Crippen LogP contribution < -0.4 is 5.32 Å². The zero-order valence-electron chi connectivity index (χ0n) is 14.9. The van der Waals surface area contributed by atoms with Crippen molar-refractivity contribution in [1.29, 1.82) is 0 Å². The second-order valence-electron chi connectivity index (χ2n) is 5.88. The number of imidazole rings is 1. The maximum absolute atomic E-state index is 12.4. The quantitative estimate of drug-likeness (QED) is 0.664. The molecule has 0 saturated heterocycles. The SMILES string of the molecule is COCCCCn1c(C(=O)NCC(C)C)nc2ccccc21.Cl.Cl.Cl. The Morgan fingerprint density at radius 3 is 2.52 bits per heavy atom. The summed E-state index contributed by atoms with van der Waals surface area (Å²) in [6, 6.07) is 7.88. The summed E-state index contributed by atoms with van der Waals surface area (Å²) in [6.07, 6.45) is 1.93. The summed E-state index contributed by atoms with van der Waals surface area (Å²) in [5.41, 5.74) is 1.87. The van der Waals surface area contributed by atoms with Crippen LogP contribution in [0.15, 0.2) is 24.3 Å². The van der Waals surface area contributed by atoms with Crippen molar-refractivity contribution in [3.63, 3.8) is 0 Å². The fraction of sp³-hybridized carbons (Fsp3) is 0.529. The molecular weight excluding hydrogens is 385 g/mol. The third-order valence-corrected chi connectivity index (χ3v) is 3.51. The van der Waals surface area contributed by atoms with E-state index in [1.807, 2.05) is 28.8 Å². The van der Waals surface area contributed by atoms with Gasteiger partial charge in [-0.25, -0.2) is 4.98 Å². The van der Waals surface area contributed by atoms with E-state index in [-0.39, 0.29) is 43.1 Å². The van der Waals surface area contributed by atoms with E-state index in [2.05, 4.69) is 24.1 Å². The van der Waals surface area contributed by atoms with E-state index in [9.17, 15) is 4.79 Å². The van der Waals surface area contributed by atoms with Gasteiger partial charge < -0.3 is 14.6 Å². The predicted molar refractivity (Wildman–Crippen MR) is 110 cm³/mol. The van der Waals surface area contributed by atoms with E-state index in [4.69, 9.17) is 4.74 Å². The van der Waals surface area contributed by atoms with Crippen LogP contribution in [-0.4, -0.2) is 35.7 Å². The number of fused-ring (bicyclic) bond motifs is 1. The summed E-state index contributed by atoms with van der Waals surface area (Å²) < 4.78 is 7.10. The molecule has 0 unspecified atom stereocenters. The van der Waals surface area contributed by atoms with E-state index in [1.54, 1.807) is 7.11 Å². The van der Waals surface area contributed by atoms with Crippen molar-refractivity contribution in [2.24, 2.45) is 5.92 Å². The van der Waals surface area contributed by atoms with Gasteiger partial charge in [0.2, 0.25) is 0 Å². The van der Waals surface area contributed by atoms with Crippen molar-refractivity contribution in [1.82, 2.24) is 14.9 Å². The Bertz CT molecular complexity index is 633. The van der Waals surface area contributed by atoms with Crippen LogP contribution in [0.3, 0.4) is 0 Å². The van der Waals surface area contributed by atoms with Crippen LogP contribution in [0.4, 0.5) is 0 Å². The standard InChI is InChI=1S/C17H25N3O2.3ClH/c1-13(2)12-18-17(21)16-19-14-8-4-5-9-15(14)20(16)10-6-7-11-22-3;;;/h4-5,8-9,13H,6-7,10-12H2,1-3H3,(H,18,21);3*1H. The number of aryl methyl sites for hydroxylation is 1. The van der Waals surface area contributed by atoms with Crippen LogP contribution in [0.2, 0.25) is 0 Å². The average Bonchev–Trinajstić information content (AvgIpc) is 2.88. The molecule has 0 atom stereocenters. The van der Waals surface area contributed by atoms with Crippen molar-refractivity contribution in [3.8, 4) is 0 Å². The fourth-order valence-corrected chi connectivity index (χ4v) is 2.37. The van der Waals surface area contributed by atoms with Crippen LogP contribution in [-0.2, 0) is 11.3 Å². The highest BCUT2D eigenvalue weighted by atomic mass is 35.5. The maximum atomic E-state index is 12.4. The predicted octanol–water partition coefficient (Wildman–Crippen LogP) is 4.11. The molecule has 1 aromatic heterocycles. The molecule has 0 aliphatic heterocycles. The van der Waals surface area contributed by atoms with Gasteiger partial charge in [0.25, 0.3) is 5.91 Å². The minimum Gasteiger partial charge on any atom is -0.385 e. The molecule has 8 heteroatoms. The van der Waals surface area contributed by atoms with Crippen molar-refractivity contribution in [2.45, 2.75) is 33.2 Å². The molecule has 1 heterocycles. The normalized spacial score (nSPS) is 9.92. The number of hydrogen-bond donors (Lipinski definition) is 1. The lowest BCUT2D eigenvalue weighted by Gasteiger charge is -2.10. The molecule has 5 nitrogen and oxygen atoms in total. The van der Waals surface area contributed by atoms with Crippen molar-refractivity contribution < 1.29 is 9.53 Å². The molecule has 2 rings (SSSR count). The van der Waals surface area contributed by atoms with Gasteiger partial charge in [0.05, 0.1) is 11.0 Å². The number of rotatable bonds is 8. The largest absolute Gasteiger partial charge is 0.385 e. The lowest BCUT2D eigenvalue weighted by atomic mass is 10.2. The van der Waals surface area contributed by atoms with Crippen LogP contribution in [0.1, 0.15) is 37.3 Å². The highest BCUT2D eigenvalue weighted by molar-refractivity contribution is 5.94. The first-order valence-electron chi connectivity index (χ1n) is 7.86. The summed E-state index contributed by atoms with van der Waals surface area (Å²) in [5, 5.41) is 2.95. The number of amides is 1. The number of nitrogens with zero attached hydrogens (tertiary/aromatic N) is 2.